The van der Waals surface area contributed by atoms with Crippen LogP contribution < -0.4 is 0 Å². The Balaban J connectivity index is 3.51. The van der Waals surface area contributed by atoms with E-state index in [0.29, 0.717) is 0 Å². The van der Waals surface area contributed by atoms with E-state index in [-0.39, 0.29) is 0 Å². The summed E-state index contributed by atoms with van der Waals surface area (Å²) in [6.45, 7) is 0. The molecule has 0 saturated heterocycles. The highest BCUT2D eigenvalue weighted by atomic mass is 128. The van der Waals surface area contributed by atoms with Gasteiger partial charge >= 0.3 is 0 Å². The Hall–Kier alpha value is 1.06. The van der Waals surface area contributed by atoms with E-state index < -0.39 is 15.7 Å². The van der Waals surface area contributed by atoms with Gasteiger partial charge in [0, 0.05) is 0 Å². The summed E-state index contributed by atoms with van der Waals surface area (Å²) in [5.41, 5.74) is 0. The van der Waals surface area contributed by atoms with Gasteiger partial charge in [-0.1, -0.05) is 0 Å². The van der Waals surface area contributed by atoms with Crippen LogP contribution in [0.2, 0.25) is 0 Å². The van der Waals surface area contributed by atoms with Crippen LogP contribution >= 0.6 is 34.3 Å². The summed E-state index contributed by atoms with van der Waals surface area (Å²) in [5, 5.41) is 0. The van der Waals surface area contributed by atoms with Crippen LogP contribution in [0.1, 0.15) is 0 Å². The zero-order valence-corrected chi connectivity index (χ0v) is 5.98. The highest BCUT2D eigenvalue weighted by Crippen LogP contribution is 2.14. The van der Waals surface area contributed by atoms with Gasteiger partial charge in [0.2, 0.25) is 15.7 Å². The summed E-state index contributed by atoms with van der Waals surface area (Å²) < 4.78 is 15.5. The molecular weight excluding hydrogens is 284 g/mol. The molecule has 0 bridgehead atoms. The van der Waals surface area contributed by atoms with E-state index in [0.717, 1.165) is 0 Å². The first-order valence-electron chi connectivity index (χ1n) is 0.486. The molecular formula is HI2NO. The molecule has 0 spiro atoms. The van der Waals surface area contributed by atoms with Crippen LogP contribution in [0.25, 0.3) is 0 Å². The van der Waals surface area contributed by atoms with Gasteiger partial charge < -0.3 is 0 Å². The third kappa shape index (κ3) is 11.6. The zero-order valence-electron chi connectivity index (χ0n) is 1.66. The predicted octanol–water partition coefficient (Wildman–Crippen LogP) is 1.95. The lowest BCUT2D eigenvalue weighted by molar-refractivity contribution is 0.648. The van der Waals surface area contributed by atoms with Crippen molar-refractivity contribution in [3.05, 3.63) is 0 Å². The van der Waals surface area contributed by atoms with E-state index in [1.807, 2.05) is 0 Å². The molecule has 0 saturated carbocycles. The average molecular weight is 285 g/mol. The Bertz CT molecular complexity index is 54.4. The van der Waals surface area contributed by atoms with Gasteiger partial charge in [0.05, 0.1) is 18.6 Å². The number of halogens is 2. The second-order valence-electron chi connectivity index (χ2n) is 0.207. The molecule has 0 aromatic rings. The van der Waals surface area contributed by atoms with Crippen LogP contribution in [0, 0.1) is 3.56 Å². The Morgan fingerprint density at radius 1 is 2.00 bits per heavy atom. The van der Waals surface area contributed by atoms with Gasteiger partial charge in [0.1, 0.15) is 0 Å². The van der Waals surface area contributed by atoms with Crippen molar-refractivity contribution in [1.82, 2.24) is 0 Å². The summed E-state index contributed by atoms with van der Waals surface area (Å²) in [6.07, 6.45) is 0. The summed E-state index contributed by atoms with van der Waals surface area (Å²) in [7, 11) is 0. The first-order valence-corrected chi connectivity index (χ1v) is 8.73. The van der Waals surface area contributed by atoms with Gasteiger partial charge in [-0.15, -0.1) is 0 Å². The molecule has 0 atom stereocenters. The monoisotopic (exact) mass is 285 g/mol. The van der Waals surface area contributed by atoms with E-state index in [1.54, 1.807) is 18.6 Å². The molecule has 0 aliphatic rings. The van der Waals surface area contributed by atoms with Crippen molar-refractivity contribution in [1.29, 1.82) is 3.56 Å². The minimum Gasteiger partial charge on any atom is -0.248 e. The van der Waals surface area contributed by atoms with Gasteiger partial charge in [-0.25, -0.2) is 6.63 Å². The summed E-state index contributed by atoms with van der Waals surface area (Å²) in [5.74, 6) is 0. The SMILES string of the molecule is N=I(=O)I. The first kappa shape index (κ1) is 5.06. The molecule has 0 aliphatic carbocycles. The molecule has 0 aromatic carbocycles. The van der Waals surface area contributed by atoms with Crippen molar-refractivity contribution in [3.8, 4) is 0 Å². The third-order valence-corrected chi connectivity index (χ3v) is 0. The van der Waals surface area contributed by atoms with E-state index in [9.17, 15) is 3.07 Å². The number of nitrogens with one attached hydrogen (secondary N) is 1. The Morgan fingerprint density at radius 3 is 2.00 bits per heavy atom. The van der Waals surface area contributed by atoms with Crippen LogP contribution in [0.4, 0.5) is 0 Å². The fraction of sp³-hybridized carbons (Fsp3) is 0. The van der Waals surface area contributed by atoms with Crippen LogP contribution in [0.15, 0.2) is 0 Å². The van der Waals surface area contributed by atoms with Crippen molar-refractivity contribution in [2.24, 2.45) is 0 Å². The number of rotatable bonds is 0. The van der Waals surface area contributed by atoms with Crippen molar-refractivity contribution >= 4 is 34.3 Å². The molecule has 2 nitrogen and oxygen atoms in total. The van der Waals surface area contributed by atoms with E-state index in [2.05, 4.69) is 0 Å². The molecule has 4 heavy (non-hydrogen) atoms. The van der Waals surface area contributed by atoms with Gasteiger partial charge in [-0.05, 0) is 0 Å². The van der Waals surface area contributed by atoms with Crippen molar-refractivity contribution in [2.45, 2.75) is 0 Å². The van der Waals surface area contributed by atoms with Crippen molar-refractivity contribution < 1.29 is 3.07 Å². The third-order valence-electron chi connectivity index (χ3n) is 0. The van der Waals surface area contributed by atoms with E-state index in [4.69, 9.17) is 3.56 Å². The molecule has 0 radical (unpaired) electrons. The van der Waals surface area contributed by atoms with Crippen LogP contribution in [0.5, 0.6) is 0 Å². The van der Waals surface area contributed by atoms with Crippen LogP contribution in [-0.4, -0.2) is 0 Å². The summed E-state index contributed by atoms with van der Waals surface area (Å²) in [4.78, 5) is 0. The molecule has 0 fully saturated rings. The maximum atomic E-state index is 9.34. The molecule has 26 valence electrons. The fourth-order valence-corrected chi connectivity index (χ4v) is 0. The van der Waals surface area contributed by atoms with Crippen LogP contribution in [0.3, 0.4) is 0 Å². The highest BCUT2D eigenvalue weighted by Gasteiger charge is 1.50. The Kier molecular flexibility index (Phi) is 2.92. The molecule has 0 heterocycles. The smallest absolute Gasteiger partial charge is 0.240 e. The lowest BCUT2D eigenvalue weighted by Crippen LogP contribution is -0.870. The van der Waals surface area contributed by atoms with Gasteiger partial charge in [-0.2, -0.15) is 0 Å². The molecule has 0 unspecified atom stereocenters. The standard InChI is InChI=1S/HI2NO/c1-2(3)4/h3H. The highest BCUT2D eigenvalue weighted by molar-refractivity contribution is 15.1. The summed E-state index contributed by atoms with van der Waals surface area (Å²) in [6, 6.07) is 0. The van der Waals surface area contributed by atoms with Crippen molar-refractivity contribution in [3.63, 3.8) is 0 Å². The topological polar surface area (TPSA) is 40.9 Å². The van der Waals surface area contributed by atoms with Gasteiger partial charge in [0.25, 0.3) is 0 Å². The largest absolute Gasteiger partial charge is 0.248 e. The minimum atomic E-state index is -2.29. The molecule has 0 aliphatic heterocycles. The lowest BCUT2D eigenvalue weighted by atomic mass is 14.0. The molecule has 0 aromatic heterocycles. The maximum absolute atomic E-state index is 9.34. The second kappa shape index (κ2) is 2.31. The molecule has 0 rings (SSSR count). The minimum absolute atomic E-state index is 1.61. The fourth-order valence-electron chi connectivity index (χ4n) is 0. The molecule has 4 heteroatoms. The van der Waals surface area contributed by atoms with Crippen LogP contribution in [-0.2, 0) is 3.07 Å². The Labute approximate surface area is 40.6 Å². The maximum Gasteiger partial charge on any atom is 0.240 e. The number of hydrogen-bond donors (Lipinski definition) is 1. The molecule has 1 N–H and O–H groups in total. The van der Waals surface area contributed by atoms with Gasteiger partial charge in [-0.3, -0.25) is 0 Å². The van der Waals surface area contributed by atoms with E-state index >= 15 is 0 Å². The second-order valence-corrected chi connectivity index (χ2v) is 6.36. The van der Waals surface area contributed by atoms with E-state index in [1.165, 1.54) is 0 Å². The quantitative estimate of drug-likeness (QED) is 0.679. The molecule has 0 amide bonds. The zero-order chi connectivity index (χ0) is 3.58. The average Bonchev–Trinajstić information content (AvgIpc) is 0.811. The summed E-state index contributed by atoms with van der Waals surface area (Å²) >= 11 is -0.682. The first-order chi connectivity index (χ1) is 1.73. The number of hydrogen-bond acceptors (Lipinski definition) is 2. The lowest BCUT2D eigenvalue weighted by Gasteiger charge is -1.36. The van der Waals surface area contributed by atoms with Gasteiger partial charge in [0.15, 0.2) is 0 Å². The van der Waals surface area contributed by atoms with Crippen molar-refractivity contribution in [2.75, 3.05) is 0 Å². The Morgan fingerprint density at radius 2 is 2.00 bits per heavy atom. The normalized spacial score (nSPS) is 8.50. The predicted molar refractivity (Wildman–Crippen MR) is 31.4 cm³/mol.